The monoisotopic (exact) mass is 625 g/mol. The third kappa shape index (κ3) is 4.57. The first-order valence-electron chi connectivity index (χ1n) is 16.4. The molecule has 4 nitrogen and oxygen atoms in total. The Kier molecular flexibility index (Phi) is 6.15. The van der Waals surface area contributed by atoms with Crippen LogP contribution in [0.2, 0.25) is 0 Å². The Balaban J connectivity index is 1.12. The molecule has 0 fully saturated rings. The van der Waals surface area contributed by atoms with Gasteiger partial charge in [0, 0.05) is 27.5 Å². The van der Waals surface area contributed by atoms with E-state index in [1.165, 1.54) is 32.3 Å². The number of nitrogens with zero attached hydrogens (tertiary/aromatic N) is 3. The van der Waals surface area contributed by atoms with E-state index in [0.29, 0.717) is 17.5 Å². The summed E-state index contributed by atoms with van der Waals surface area (Å²) in [6.07, 6.45) is 0. The Bertz CT molecular complexity index is 2870. The van der Waals surface area contributed by atoms with Crippen molar-refractivity contribution in [3.8, 4) is 45.3 Å². The van der Waals surface area contributed by atoms with Crippen LogP contribution in [0.1, 0.15) is 0 Å². The molecule has 0 saturated carbocycles. The number of benzene rings is 8. The van der Waals surface area contributed by atoms with Crippen molar-refractivity contribution >= 4 is 54.3 Å². The van der Waals surface area contributed by atoms with Crippen molar-refractivity contribution < 1.29 is 4.42 Å². The summed E-state index contributed by atoms with van der Waals surface area (Å²) in [6.45, 7) is 0. The van der Waals surface area contributed by atoms with Crippen molar-refractivity contribution in [3.63, 3.8) is 0 Å². The van der Waals surface area contributed by atoms with Gasteiger partial charge < -0.3 is 4.42 Å². The molecule has 0 aliphatic heterocycles. The molecule has 0 amide bonds. The Hall–Kier alpha value is -6.65. The molecule has 0 radical (unpaired) electrons. The van der Waals surface area contributed by atoms with E-state index in [1.807, 2.05) is 54.6 Å². The molecule has 49 heavy (non-hydrogen) atoms. The first-order valence-corrected chi connectivity index (χ1v) is 16.4. The molecule has 0 N–H and O–H groups in total. The molecule has 10 aromatic rings. The first kappa shape index (κ1) is 27.5. The van der Waals surface area contributed by atoms with Gasteiger partial charge in [-0.15, -0.1) is 0 Å². The largest absolute Gasteiger partial charge is 0.456 e. The summed E-state index contributed by atoms with van der Waals surface area (Å²) in [4.78, 5) is 15.1. The second kappa shape index (κ2) is 11.0. The van der Waals surface area contributed by atoms with Crippen molar-refractivity contribution in [1.82, 2.24) is 15.0 Å². The van der Waals surface area contributed by atoms with E-state index in [4.69, 9.17) is 19.4 Å². The second-order valence-electron chi connectivity index (χ2n) is 12.4. The predicted molar refractivity (Wildman–Crippen MR) is 201 cm³/mol. The van der Waals surface area contributed by atoms with Gasteiger partial charge in [0.05, 0.1) is 0 Å². The smallest absolute Gasteiger partial charge is 0.164 e. The quantitative estimate of drug-likeness (QED) is 0.183. The lowest BCUT2D eigenvalue weighted by molar-refractivity contribution is 0.669. The fourth-order valence-electron chi connectivity index (χ4n) is 7.12. The number of fused-ring (bicyclic) bond motifs is 8. The highest BCUT2D eigenvalue weighted by atomic mass is 16.3. The van der Waals surface area contributed by atoms with E-state index in [9.17, 15) is 0 Å². The van der Waals surface area contributed by atoms with E-state index in [2.05, 4.69) is 109 Å². The van der Waals surface area contributed by atoms with Gasteiger partial charge in [0.1, 0.15) is 11.2 Å². The molecule has 2 heterocycles. The zero-order valence-corrected chi connectivity index (χ0v) is 26.3. The molecular formula is C45H27N3O. The summed E-state index contributed by atoms with van der Waals surface area (Å²) >= 11 is 0. The number of para-hydroxylation sites is 1. The molecule has 0 saturated heterocycles. The van der Waals surface area contributed by atoms with Gasteiger partial charge in [-0.1, -0.05) is 146 Å². The molecule has 10 rings (SSSR count). The van der Waals surface area contributed by atoms with E-state index < -0.39 is 0 Å². The highest BCUT2D eigenvalue weighted by Crippen LogP contribution is 2.38. The molecule has 0 atom stereocenters. The van der Waals surface area contributed by atoms with Crippen LogP contribution in [0.3, 0.4) is 0 Å². The van der Waals surface area contributed by atoms with Gasteiger partial charge in [0.2, 0.25) is 0 Å². The number of aromatic nitrogens is 3. The standard InChI is InChI=1S/C45H27N3O/c1-2-10-31(11-3-1)43-46-44(32-20-17-29(18-21-32)35-14-8-16-41-42(35)38-13-6-7-15-40(38)49-41)48-45(47-43)33-22-19-30-24-25-36-34-12-5-4-9-28(34)23-26-37(36)39(30)27-33/h1-27H. The Morgan fingerprint density at radius 2 is 0.878 bits per heavy atom. The lowest BCUT2D eigenvalue weighted by Crippen LogP contribution is -2.00. The topological polar surface area (TPSA) is 51.8 Å². The molecule has 2 aromatic heterocycles. The second-order valence-corrected chi connectivity index (χ2v) is 12.4. The van der Waals surface area contributed by atoms with E-state index in [-0.39, 0.29) is 0 Å². The molecule has 8 aromatic carbocycles. The Morgan fingerprint density at radius 3 is 1.67 bits per heavy atom. The third-order valence-electron chi connectivity index (χ3n) is 9.53. The van der Waals surface area contributed by atoms with Gasteiger partial charge in [-0.2, -0.15) is 0 Å². The van der Waals surface area contributed by atoms with Gasteiger partial charge >= 0.3 is 0 Å². The maximum atomic E-state index is 6.16. The fraction of sp³-hybridized carbons (Fsp3) is 0. The summed E-state index contributed by atoms with van der Waals surface area (Å²) in [5.74, 6) is 1.91. The minimum atomic E-state index is 0.631. The summed E-state index contributed by atoms with van der Waals surface area (Å²) in [5.41, 5.74) is 6.83. The van der Waals surface area contributed by atoms with Crippen molar-refractivity contribution in [3.05, 3.63) is 164 Å². The van der Waals surface area contributed by atoms with Crippen LogP contribution >= 0.6 is 0 Å². The summed E-state index contributed by atoms with van der Waals surface area (Å²) in [6, 6.07) is 57.0. The molecule has 0 unspecified atom stereocenters. The highest BCUT2D eigenvalue weighted by Gasteiger charge is 2.16. The molecular weight excluding hydrogens is 599 g/mol. The van der Waals surface area contributed by atoms with E-state index in [0.717, 1.165) is 49.8 Å². The van der Waals surface area contributed by atoms with Crippen molar-refractivity contribution in [2.75, 3.05) is 0 Å². The summed E-state index contributed by atoms with van der Waals surface area (Å²) in [5, 5.41) is 9.53. The summed E-state index contributed by atoms with van der Waals surface area (Å²) < 4.78 is 6.16. The zero-order valence-electron chi connectivity index (χ0n) is 26.3. The average molecular weight is 626 g/mol. The van der Waals surface area contributed by atoms with Crippen LogP contribution in [0, 0.1) is 0 Å². The van der Waals surface area contributed by atoms with Crippen LogP contribution in [0.5, 0.6) is 0 Å². The average Bonchev–Trinajstić information content (AvgIpc) is 3.57. The number of hydrogen-bond donors (Lipinski definition) is 0. The molecule has 0 aliphatic rings. The minimum absolute atomic E-state index is 0.631. The van der Waals surface area contributed by atoms with Crippen LogP contribution in [0.25, 0.3) is 99.5 Å². The number of rotatable bonds is 4. The molecule has 0 aliphatic carbocycles. The molecule has 228 valence electrons. The van der Waals surface area contributed by atoms with Crippen molar-refractivity contribution in [1.29, 1.82) is 0 Å². The summed E-state index contributed by atoms with van der Waals surface area (Å²) in [7, 11) is 0. The van der Waals surface area contributed by atoms with Crippen molar-refractivity contribution in [2.24, 2.45) is 0 Å². The first-order chi connectivity index (χ1) is 24.3. The molecule has 0 spiro atoms. The van der Waals surface area contributed by atoms with Gasteiger partial charge in [0.15, 0.2) is 17.5 Å². The van der Waals surface area contributed by atoms with Crippen LogP contribution < -0.4 is 0 Å². The van der Waals surface area contributed by atoms with Crippen LogP contribution in [-0.2, 0) is 0 Å². The normalized spacial score (nSPS) is 11.7. The molecule has 4 heteroatoms. The van der Waals surface area contributed by atoms with Crippen LogP contribution in [-0.4, -0.2) is 15.0 Å². The van der Waals surface area contributed by atoms with Gasteiger partial charge in [-0.05, 0) is 61.6 Å². The fourth-order valence-corrected chi connectivity index (χ4v) is 7.12. The molecule has 0 bridgehead atoms. The maximum Gasteiger partial charge on any atom is 0.164 e. The number of hydrogen-bond acceptors (Lipinski definition) is 4. The number of furan rings is 1. The van der Waals surface area contributed by atoms with Crippen LogP contribution in [0.15, 0.2) is 168 Å². The highest BCUT2D eigenvalue weighted by molar-refractivity contribution is 6.17. The van der Waals surface area contributed by atoms with Crippen LogP contribution in [0.4, 0.5) is 0 Å². The lowest BCUT2D eigenvalue weighted by Gasteiger charge is -2.11. The van der Waals surface area contributed by atoms with E-state index >= 15 is 0 Å². The van der Waals surface area contributed by atoms with Gasteiger partial charge in [0.25, 0.3) is 0 Å². The minimum Gasteiger partial charge on any atom is -0.456 e. The zero-order chi connectivity index (χ0) is 32.3. The van der Waals surface area contributed by atoms with Gasteiger partial charge in [-0.25, -0.2) is 15.0 Å². The lowest BCUT2D eigenvalue weighted by atomic mass is 9.96. The van der Waals surface area contributed by atoms with E-state index in [1.54, 1.807) is 0 Å². The Morgan fingerprint density at radius 1 is 0.327 bits per heavy atom. The van der Waals surface area contributed by atoms with Crippen molar-refractivity contribution in [2.45, 2.75) is 0 Å². The third-order valence-corrected chi connectivity index (χ3v) is 9.53. The van der Waals surface area contributed by atoms with Gasteiger partial charge in [-0.3, -0.25) is 0 Å². The maximum absolute atomic E-state index is 6.16. The predicted octanol–water partition coefficient (Wildman–Crippen LogP) is 11.9. The SMILES string of the molecule is c1ccc(-c2nc(-c3ccc(-c4cccc5oc6ccccc6c45)cc3)nc(-c3ccc4ccc5c6ccccc6ccc5c4c3)n2)cc1. The Labute approximate surface area is 282 Å².